The van der Waals surface area contributed by atoms with E-state index in [4.69, 9.17) is 9.47 Å². The molecule has 182 valence electrons. The second-order valence-electron chi connectivity index (χ2n) is 11.1. The van der Waals surface area contributed by atoms with E-state index in [1.807, 2.05) is 25.7 Å². The highest BCUT2D eigenvalue weighted by Crippen LogP contribution is 2.38. The third kappa shape index (κ3) is 5.89. The molecule has 0 unspecified atom stereocenters. The summed E-state index contributed by atoms with van der Waals surface area (Å²) < 4.78 is 12.2. The van der Waals surface area contributed by atoms with Crippen LogP contribution in [0.1, 0.15) is 90.0 Å². The normalized spacial score (nSPS) is 30.7. The zero-order valence-corrected chi connectivity index (χ0v) is 20.5. The van der Waals surface area contributed by atoms with Crippen LogP contribution >= 0.6 is 0 Å². The minimum atomic E-state index is -0.557. The molecule has 1 aliphatic carbocycles. The van der Waals surface area contributed by atoms with Gasteiger partial charge in [0.2, 0.25) is 5.91 Å². The van der Waals surface area contributed by atoms with Crippen LogP contribution in [0.25, 0.3) is 0 Å². The van der Waals surface area contributed by atoms with E-state index in [0.717, 1.165) is 51.4 Å². The molecule has 1 aromatic carbocycles. The molecule has 6 heteroatoms. The van der Waals surface area contributed by atoms with Crippen LogP contribution < -0.4 is 5.32 Å². The molecular formula is C27H40N2O4. The SMILES string of the molecule is CC(C)(C)OC(=O)N1CCC[C@@]2(CCCC(=O)N2)[C@@H]1CO[C@H]1CC[C@@H](c2ccccc2)CC1. The first-order chi connectivity index (χ1) is 15.8. The minimum Gasteiger partial charge on any atom is -0.444 e. The van der Waals surface area contributed by atoms with E-state index in [9.17, 15) is 9.59 Å². The number of ether oxygens (including phenoxy) is 2. The van der Waals surface area contributed by atoms with Crippen LogP contribution in [0.15, 0.2) is 30.3 Å². The van der Waals surface area contributed by atoms with E-state index in [-0.39, 0.29) is 24.1 Å². The molecule has 0 aromatic heterocycles. The quantitative estimate of drug-likeness (QED) is 0.679. The van der Waals surface area contributed by atoms with Crippen LogP contribution in [0, 0.1) is 0 Å². The molecule has 2 heterocycles. The Bertz CT molecular complexity index is 809. The Balaban J connectivity index is 1.43. The number of amides is 2. The summed E-state index contributed by atoms with van der Waals surface area (Å²) in [6.07, 6.45) is 8.23. The Morgan fingerprint density at radius 3 is 2.45 bits per heavy atom. The zero-order chi connectivity index (χ0) is 23.5. The number of nitrogens with one attached hydrogen (secondary N) is 1. The monoisotopic (exact) mass is 456 g/mol. The molecular weight excluding hydrogens is 416 g/mol. The van der Waals surface area contributed by atoms with Crippen LogP contribution in [-0.4, -0.2) is 53.3 Å². The Morgan fingerprint density at radius 2 is 1.79 bits per heavy atom. The summed E-state index contributed by atoms with van der Waals surface area (Å²) in [5.74, 6) is 0.684. The molecule has 2 saturated heterocycles. The number of likely N-dealkylation sites (tertiary alicyclic amines) is 1. The van der Waals surface area contributed by atoms with Gasteiger partial charge >= 0.3 is 6.09 Å². The molecule has 2 atom stereocenters. The van der Waals surface area contributed by atoms with Gasteiger partial charge in [-0.05, 0) is 83.6 Å². The predicted molar refractivity (Wildman–Crippen MR) is 128 cm³/mol. The number of benzene rings is 1. The van der Waals surface area contributed by atoms with Crippen molar-refractivity contribution in [1.82, 2.24) is 10.2 Å². The van der Waals surface area contributed by atoms with Crippen molar-refractivity contribution in [2.45, 2.75) is 108 Å². The number of nitrogens with zero attached hydrogens (tertiary/aromatic N) is 1. The third-order valence-corrected chi connectivity index (χ3v) is 7.51. The van der Waals surface area contributed by atoms with E-state index in [1.165, 1.54) is 5.56 Å². The molecule has 6 nitrogen and oxygen atoms in total. The van der Waals surface area contributed by atoms with E-state index in [1.54, 1.807) is 0 Å². The van der Waals surface area contributed by atoms with Gasteiger partial charge in [-0.1, -0.05) is 30.3 Å². The van der Waals surface area contributed by atoms with Crippen molar-refractivity contribution in [3.05, 3.63) is 35.9 Å². The van der Waals surface area contributed by atoms with Crippen molar-refractivity contribution >= 4 is 12.0 Å². The van der Waals surface area contributed by atoms with Crippen molar-refractivity contribution in [3.63, 3.8) is 0 Å². The maximum Gasteiger partial charge on any atom is 0.410 e. The van der Waals surface area contributed by atoms with Gasteiger partial charge in [0.1, 0.15) is 5.60 Å². The molecule has 1 saturated carbocycles. The van der Waals surface area contributed by atoms with E-state index >= 15 is 0 Å². The standard InChI is InChI=1S/C27H40N2O4/c1-26(2,3)33-25(31)29-18-8-17-27(16-7-11-24(30)28-27)23(29)19-32-22-14-12-21(13-15-22)20-9-5-4-6-10-20/h4-6,9-10,21-23H,7-8,11-19H2,1-3H3,(H,28,30)/t21-,22+,23-,27-/m0/s1. The topological polar surface area (TPSA) is 67.9 Å². The van der Waals surface area contributed by atoms with Gasteiger partial charge in [0, 0.05) is 13.0 Å². The van der Waals surface area contributed by atoms with Crippen molar-refractivity contribution in [2.24, 2.45) is 0 Å². The summed E-state index contributed by atoms with van der Waals surface area (Å²) in [5, 5.41) is 3.28. The van der Waals surface area contributed by atoms with Gasteiger partial charge in [-0.2, -0.15) is 0 Å². The highest BCUT2D eigenvalue weighted by Gasteiger charge is 2.49. The van der Waals surface area contributed by atoms with Gasteiger partial charge in [0.25, 0.3) is 0 Å². The summed E-state index contributed by atoms with van der Waals surface area (Å²) in [7, 11) is 0. The molecule has 1 spiro atoms. The Kier molecular flexibility index (Phi) is 7.32. The molecule has 33 heavy (non-hydrogen) atoms. The van der Waals surface area contributed by atoms with Crippen LogP contribution in [-0.2, 0) is 14.3 Å². The number of hydrogen-bond donors (Lipinski definition) is 1. The summed E-state index contributed by atoms with van der Waals surface area (Å²) >= 11 is 0. The average molecular weight is 457 g/mol. The van der Waals surface area contributed by atoms with Crippen molar-refractivity contribution in [2.75, 3.05) is 13.2 Å². The Morgan fingerprint density at radius 1 is 1.09 bits per heavy atom. The fourth-order valence-electron chi connectivity index (χ4n) is 5.89. The smallest absolute Gasteiger partial charge is 0.410 e. The van der Waals surface area contributed by atoms with E-state index < -0.39 is 11.1 Å². The highest BCUT2D eigenvalue weighted by molar-refractivity contribution is 5.78. The summed E-state index contributed by atoms with van der Waals surface area (Å²) in [5.41, 5.74) is 0.452. The van der Waals surface area contributed by atoms with Crippen LogP contribution in [0.2, 0.25) is 0 Å². The summed E-state index contributed by atoms with van der Waals surface area (Å²) in [4.78, 5) is 27.3. The van der Waals surface area contributed by atoms with E-state index in [2.05, 4.69) is 35.6 Å². The summed E-state index contributed by atoms with van der Waals surface area (Å²) in [6, 6.07) is 10.6. The molecule has 0 bridgehead atoms. The number of carbonyl (C=O) groups is 2. The first kappa shape index (κ1) is 24.1. The molecule has 3 fully saturated rings. The Labute approximate surface area is 198 Å². The largest absolute Gasteiger partial charge is 0.444 e. The van der Waals surface area contributed by atoms with Crippen LogP contribution in [0.5, 0.6) is 0 Å². The molecule has 0 radical (unpaired) electrons. The fraction of sp³-hybridized carbons (Fsp3) is 0.704. The lowest BCUT2D eigenvalue weighted by molar-refractivity contribution is -0.130. The second kappa shape index (κ2) is 10.0. The first-order valence-corrected chi connectivity index (χ1v) is 12.7. The van der Waals surface area contributed by atoms with Crippen LogP contribution in [0.3, 0.4) is 0 Å². The maximum absolute atomic E-state index is 13.1. The van der Waals surface area contributed by atoms with Crippen molar-refractivity contribution in [1.29, 1.82) is 0 Å². The van der Waals surface area contributed by atoms with Crippen LogP contribution in [0.4, 0.5) is 4.79 Å². The van der Waals surface area contributed by atoms with E-state index in [0.29, 0.717) is 25.5 Å². The molecule has 1 N–H and O–H groups in total. The van der Waals surface area contributed by atoms with Gasteiger partial charge in [-0.15, -0.1) is 0 Å². The first-order valence-electron chi connectivity index (χ1n) is 12.7. The zero-order valence-electron chi connectivity index (χ0n) is 20.5. The molecule has 1 aromatic rings. The van der Waals surface area contributed by atoms with Gasteiger partial charge in [-0.25, -0.2) is 4.79 Å². The number of hydrogen-bond acceptors (Lipinski definition) is 4. The molecule has 2 amide bonds. The number of piperidine rings is 2. The lowest BCUT2D eigenvalue weighted by atomic mass is 9.75. The number of carbonyl (C=O) groups excluding carboxylic acids is 2. The molecule has 4 rings (SSSR count). The lowest BCUT2D eigenvalue weighted by Gasteiger charge is -2.52. The van der Waals surface area contributed by atoms with Gasteiger partial charge in [0.05, 0.1) is 24.3 Å². The van der Waals surface area contributed by atoms with Gasteiger partial charge in [-0.3, -0.25) is 4.79 Å². The molecule has 2 aliphatic heterocycles. The minimum absolute atomic E-state index is 0.0839. The lowest BCUT2D eigenvalue weighted by Crippen LogP contribution is -2.69. The average Bonchev–Trinajstić information content (AvgIpc) is 2.78. The van der Waals surface area contributed by atoms with Gasteiger partial charge in [0.15, 0.2) is 0 Å². The fourth-order valence-corrected chi connectivity index (χ4v) is 5.89. The second-order valence-corrected chi connectivity index (χ2v) is 11.1. The predicted octanol–water partition coefficient (Wildman–Crippen LogP) is 5.17. The van der Waals surface area contributed by atoms with Crippen molar-refractivity contribution in [3.8, 4) is 0 Å². The third-order valence-electron chi connectivity index (χ3n) is 7.51. The maximum atomic E-state index is 13.1. The highest BCUT2D eigenvalue weighted by atomic mass is 16.6. The van der Waals surface area contributed by atoms with Gasteiger partial charge < -0.3 is 19.7 Å². The Hall–Kier alpha value is -2.08. The number of rotatable bonds is 4. The van der Waals surface area contributed by atoms with Crippen molar-refractivity contribution < 1.29 is 19.1 Å². The molecule has 3 aliphatic rings. The summed E-state index contributed by atoms with van der Waals surface area (Å²) in [6.45, 7) is 6.76.